The molecule has 0 aliphatic rings. The molecule has 0 saturated carbocycles. The van der Waals surface area contributed by atoms with Crippen LogP contribution in [-0.4, -0.2) is 22.1 Å². The Hall–Kier alpha value is -0.830. The number of nitrogens with zero attached hydrogens (tertiary/aromatic N) is 2. The maximum Gasteiger partial charge on any atom is 0.108 e. The monoisotopic (exact) mass is 237 g/mol. The summed E-state index contributed by atoms with van der Waals surface area (Å²) in [6, 6.07) is 1.13. The van der Waals surface area contributed by atoms with E-state index in [4.69, 9.17) is 0 Å². The molecular formula is C14H27N3. The number of rotatable bonds is 8. The van der Waals surface area contributed by atoms with Gasteiger partial charge in [-0.1, -0.05) is 20.8 Å². The lowest BCUT2D eigenvalue weighted by Crippen LogP contribution is -2.32. The fourth-order valence-corrected chi connectivity index (χ4v) is 2.18. The van der Waals surface area contributed by atoms with Gasteiger partial charge in [0, 0.05) is 37.4 Å². The maximum atomic E-state index is 4.43. The fraction of sp³-hybridized carbons (Fsp3) is 0.786. The van der Waals surface area contributed by atoms with Crippen molar-refractivity contribution >= 4 is 0 Å². The molecule has 17 heavy (non-hydrogen) atoms. The van der Waals surface area contributed by atoms with Gasteiger partial charge in [0.25, 0.3) is 0 Å². The van der Waals surface area contributed by atoms with Crippen LogP contribution in [0.5, 0.6) is 0 Å². The Morgan fingerprint density at radius 1 is 1.29 bits per heavy atom. The maximum absolute atomic E-state index is 4.43. The number of hydrogen-bond donors (Lipinski definition) is 1. The Morgan fingerprint density at radius 3 is 2.59 bits per heavy atom. The predicted octanol–water partition coefficient (Wildman–Crippen LogP) is 3.17. The van der Waals surface area contributed by atoms with E-state index in [0.29, 0.717) is 12.1 Å². The molecule has 0 aliphatic heterocycles. The van der Waals surface area contributed by atoms with Gasteiger partial charge in [0.2, 0.25) is 0 Å². The summed E-state index contributed by atoms with van der Waals surface area (Å²) < 4.78 is 2.30. The van der Waals surface area contributed by atoms with Gasteiger partial charge in [-0.25, -0.2) is 4.98 Å². The molecule has 1 aromatic rings. The molecule has 3 heteroatoms. The summed E-state index contributed by atoms with van der Waals surface area (Å²) >= 11 is 0. The van der Waals surface area contributed by atoms with Crippen molar-refractivity contribution in [2.75, 3.05) is 6.54 Å². The lowest BCUT2D eigenvalue weighted by atomic mass is 10.1. The van der Waals surface area contributed by atoms with Gasteiger partial charge in [0.1, 0.15) is 5.82 Å². The first kappa shape index (κ1) is 14.2. The smallest absolute Gasteiger partial charge is 0.108 e. The average molecular weight is 237 g/mol. The fourth-order valence-electron chi connectivity index (χ4n) is 2.18. The van der Waals surface area contributed by atoms with E-state index in [0.717, 1.165) is 19.4 Å². The standard InChI is InChI=1S/C14H27N3/c1-5-8-14-15-9-10-17(14)12(4)11-16-13(6-2)7-3/h9-10,12-13,16H,5-8,11H2,1-4H3. The van der Waals surface area contributed by atoms with Gasteiger partial charge in [-0.15, -0.1) is 0 Å². The second-order valence-corrected chi connectivity index (χ2v) is 4.77. The summed E-state index contributed by atoms with van der Waals surface area (Å²) in [5, 5.41) is 3.63. The molecule has 0 saturated heterocycles. The van der Waals surface area contributed by atoms with E-state index in [1.54, 1.807) is 0 Å². The molecule has 0 aromatic carbocycles. The molecule has 0 bridgehead atoms. The zero-order chi connectivity index (χ0) is 12.7. The highest BCUT2D eigenvalue weighted by Crippen LogP contribution is 2.10. The highest BCUT2D eigenvalue weighted by atomic mass is 15.1. The van der Waals surface area contributed by atoms with Crippen molar-refractivity contribution in [3.63, 3.8) is 0 Å². The van der Waals surface area contributed by atoms with E-state index >= 15 is 0 Å². The molecule has 1 rings (SSSR count). The molecule has 98 valence electrons. The summed E-state index contributed by atoms with van der Waals surface area (Å²) in [5.74, 6) is 1.21. The second kappa shape index (κ2) is 7.49. The summed E-state index contributed by atoms with van der Waals surface area (Å²) in [7, 11) is 0. The quantitative estimate of drug-likeness (QED) is 0.752. The van der Waals surface area contributed by atoms with Crippen molar-refractivity contribution in [3.05, 3.63) is 18.2 Å². The summed E-state index contributed by atoms with van der Waals surface area (Å²) in [5.41, 5.74) is 0. The minimum atomic E-state index is 0.486. The van der Waals surface area contributed by atoms with Gasteiger partial charge >= 0.3 is 0 Å². The van der Waals surface area contributed by atoms with Crippen LogP contribution < -0.4 is 5.32 Å². The Morgan fingerprint density at radius 2 is 2.00 bits per heavy atom. The number of imidazole rings is 1. The van der Waals surface area contributed by atoms with Crippen molar-refractivity contribution < 1.29 is 0 Å². The van der Waals surface area contributed by atoms with Gasteiger partial charge in [-0.2, -0.15) is 0 Å². The lowest BCUT2D eigenvalue weighted by Gasteiger charge is -2.21. The summed E-state index contributed by atoms with van der Waals surface area (Å²) in [6.45, 7) is 9.97. The molecule has 3 nitrogen and oxygen atoms in total. The van der Waals surface area contributed by atoms with Crippen LogP contribution >= 0.6 is 0 Å². The molecule has 1 N–H and O–H groups in total. The first-order valence-electron chi connectivity index (χ1n) is 6.97. The third-order valence-electron chi connectivity index (χ3n) is 3.38. The number of hydrogen-bond acceptors (Lipinski definition) is 2. The number of nitrogens with one attached hydrogen (secondary N) is 1. The van der Waals surface area contributed by atoms with Crippen LogP contribution in [0.4, 0.5) is 0 Å². The van der Waals surface area contributed by atoms with Crippen LogP contribution in [0.25, 0.3) is 0 Å². The first-order valence-corrected chi connectivity index (χ1v) is 6.97. The van der Waals surface area contributed by atoms with Crippen LogP contribution in [0, 0.1) is 0 Å². The minimum absolute atomic E-state index is 0.486. The highest BCUT2D eigenvalue weighted by Gasteiger charge is 2.10. The van der Waals surface area contributed by atoms with Gasteiger partial charge in [0.05, 0.1) is 0 Å². The van der Waals surface area contributed by atoms with Gasteiger partial charge < -0.3 is 9.88 Å². The van der Waals surface area contributed by atoms with E-state index in [2.05, 4.69) is 48.8 Å². The van der Waals surface area contributed by atoms with E-state index in [-0.39, 0.29) is 0 Å². The zero-order valence-corrected chi connectivity index (χ0v) is 11.7. The third-order valence-corrected chi connectivity index (χ3v) is 3.38. The Labute approximate surface area is 106 Å². The molecule has 0 spiro atoms. The molecule has 1 heterocycles. The highest BCUT2D eigenvalue weighted by molar-refractivity contribution is 4.95. The van der Waals surface area contributed by atoms with Crippen molar-refractivity contribution in [1.82, 2.24) is 14.9 Å². The molecular weight excluding hydrogens is 210 g/mol. The number of aryl methyl sites for hydroxylation is 1. The second-order valence-electron chi connectivity index (χ2n) is 4.77. The SMILES string of the molecule is CCCc1nccn1C(C)CNC(CC)CC. The van der Waals surface area contributed by atoms with E-state index in [1.165, 1.54) is 18.7 Å². The zero-order valence-electron chi connectivity index (χ0n) is 11.7. The predicted molar refractivity (Wildman–Crippen MR) is 73.3 cm³/mol. The molecule has 0 amide bonds. The van der Waals surface area contributed by atoms with Crippen LogP contribution in [0.3, 0.4) is 0 Å². The van der Waals surface area contributed by atoms with Crippen molar-refractivity contribution in [3.8, 4) is 0 Å². The summed E-state index contributed by atoms with van der Waals surface area (Å²) in [4.78, 5) is 4.43. The van der Waals surface area contributed by atoms with Gasteiger partial charge in [0.15, 0.2) is 0 Å². The van der Waals surface area contributed by atoms with Gasteiger partial charge in [-0.3, -0.25) is 0 Å². The van der Waals surface area contributed by atoms with Crippen molar-refractivity contribution in [1.29, 1.82) is 0 Å². The van der Waals surface area contributed by atoms with Crippen LogP contribution in [0.1, 0.15) is 58.8 Å². The molecule has 0 fully saturated rings. The topological polar surface area (TPSA) is 29.9 Å². The van der Waals surface area contributed by atoms with Crippen molar-refractivity contribution in [2.45, 2.75) is 65.5 Å². The van der Waals surface area contributed by atoms with E-state index < -0.39 is 0 Å². The molecule has 0 aliphatic carbocycles. The Balaban J connectivity index is 2.51. The summed E-state index contributed by atoms with van der Waals surface area (Å²) in [6.07, 6.45) is 8.65. The largest absolute Gasteiger partial charge is 0.331 e. The van der Waals surface area contributed by atoms with Gasteiger partial charge in [-0.05, 0) is 26.2 Å². The van der Waals surface area contributed by atoms with E-state index in [9.17, 15) is 0 Å². The lowest BCUT2D eigenvalue weighted by molar-refractivity contribution is 0.414. The normalized spacial score (nSPS) is 13.2. The number of aromatic nitrogens is 2. The van der Waals surface area contributed by atoms with Crippen LogP contribution in [-0.2, 0) is 6.42 Å². The van der Waals surface area contributed by atoms with E-state index in [1.807, 2.05) is 6.20 Å². The molecule has 1 unspecified atom stereocenters. The van der Waals surface area contributed by atoms with Crippen molar-refractivity contribution in [2.24, 2.45) is 0 Å². The third kappa shape index (κ3) is 4.15. The average Bonchev–Trinajstić information content (AvgIpc) is 2.79. The molecule has 1 atom stereocenters. The Bertz CT molecular complexity index is 302. The first-order chi connectivity index (χ1) is 8.22. The van der Waals surface area contributed by atoms with Crippen LogP contribution in [0.2, 0.25) is 0 Å². The molecule has 1 aromatic heterocycles. The Kier molecular flexibility index (Phi) is 6.27. The van der Waals surface area contributed by atoms with Crippen LogP contribution in [0.15, 0.2) is 12.4 Å². The minimum Gasteiger partial charge on any atom is -0.331 e. The molecule has 0 radical (unpaired) electrons.